The van der Waals surface area contributed by atoms with Crippen molar-refractivity contribution in [3.05, 3.63) is 89.5 Å². The third kappa shape index (κ3) is 9.21. The summed E-state index contributed by atoms with van der Waals surface area (Å²) in [6.45, 7) is 3.05. The van der Waals surface area contributed by atoms with E-state index in [4.69, 9.17) is 9.84 Å². The minimum absolute atomic E-state index is 0.0718. The van der Waals surface area contributed by atoms with Gasteiger partial charge in [-0.05, 0) is 72.2 Å². The predicted octanol–water partition coefficient (Wildman–Crippen LogP) is 6.69. The van der Waals surface area contributed by atoms with Crippen LogP contribution < -0.4 is 10.1 Å². The van der Waals surface area contributed by atoms with Gasteiger partial charge in [0.1, 0.15) is 5.75 Å². The number of aryl methyl sites for hydroxylation is 2. The molecule has 0 fully saturated rings. The fraction of sp³-hybridized carbons (Fsp3) is 0.355. The number of hydrogen-bond acceptors (Lipinski definition) is 3. The van der Waals surface area contributed by atoms with Crippen molar-refractivity contribution in [2.75, 3.05) is 13.2 Å². The molecule has 0 aromatic heterocycles. The summed E-state index contributed by atoms with van der Waals surface area (Å²) in [5.74, 6) is -0.233. The molecular formula is C31H37NO4. The molecule has 0 atom stereocenters. The highest BCUT2D eigenvalue weighted by Crippen LogP contribution is 2.23. The Balaban J connectivity index is 1.25. The Morgan fingerprint density at radius 1 is 0.750 bits per heavy atom. The quantitative estimate of drug-likeness (QED) is 0.234. The third-order valence-electron chi connectivity index (χ3n) is 6.27. The molecule has 0 aliphatic heterocycles. The first-order valence-electron chi connectivity index (χ1n) is 13.0. The fourth-order valence-electron chi connectivity index (χ4n) is 4.04. The second-order valence-corrected chi connectivity index (χ2v) is 9.04. The van der Waals surface area contributed by atoms with E-state index >= 15 is 0 Å². The van der Waals surface area contributed by atoms with Crippen LogP contribution in [0.1, 0.15) is 66.9 Å². The standard InChI is InChI=1S/C31H37NO4/c1-2-24-9-13-26(14-10-24)27-17-19-29(20-18-27)36-23-7-5-3-4-6-8-25-11-15-28(16-12-25)31(35)32-22-21-30(33)34/h9-20H,2-8,21-23H2,1H3,(H,32,35)(H,33,34). The van der Waals surface area contributed by atoms with Crippen molar-refractivity contribution >= 4 is 11.9 Å². The summed E-state index contributed by atoms with van der Waals surface area (Å²) in [4.78, 5) is 22.5. The van der Waals surface area contributed by atoms with E-state index in [2.05, 4.69) is 48.6 Å². The van der Waals surface area contributed by atoms with Gasteiger partial charge in [0.2, 0.25) is 0 Å². The number of carboxylic acids is 1. The molecule has 0 aliphatic carbocycles. The van der Waals surface area contributed by atoms with Crippen molar-refractivity contribution in [3.8, 4) is 16.9 Å². The summed E-state index contributed by atoms with van der Waals surface area (Å²) in [6.07, 6.45) is 7.64. The van der Waals surface area contributed by atoms with E-state index in [0.29, 0.717) is 5.56 Å². The molecule has 3 aromatic carbocycles. The zero-order chi connectivity index (χ0) is 25.6. The Kier molecular flexibility index (Phi) is 11.0. The predicted molar refractivity (Wildman–Crippen MR) is 145 cm³/mol. The lowest BCUT2D eigenvalue weighted by atomic mass is 10.0. The van der Waals surface area contributed by atoms with Crippen molar-refractivity contribution in [2.45, 2.75) is 58.3 Å². The monoisotopic (exact) mass is 487 g/mol. The summed E-state index contributed by atoms with van der Waals surface area (Å²) < 4.78 is 5.91. The number of amides is 1. The van der Waals surface area contributed by atoms with Gasteiger partial charge in [-0.2, -0.15) is 0 Å². The highest BCUT2D eigenvalue weighted by Gasteiger charge is 2.06. The largest absolute Gasteiger partial charge is 0.494 e. The summed E-state index contributed by atoms with van der Waals surface area (Å²) in [5, 5.41) is 11.3. The van der Waals surface area contributed by atoms with Gasteiger partial charge in [-0.15, -0.1) is 0 Å². The van der Waals surface area contributed by atoms with E-state index < -0.39 is 5.97 Å². The molecule has 0 aliphatic rings. The van der Waals surface area contributed by atoms with Crippen LogP contribution in [-0.2, 0) is 17.6 Å². The number of rotatable bonds is 15. The van der Waals surface area contributed by atoms with E-state index in [9.17, 15) is 9.59 Å². The van der Waals surface area contributed by atoms with Crippen molar-refractivity contribution in [3.63, 3.8) is 0 Å². The van der Waals surface area contributed by atoms with E-state index in [1.807, 2.05) is 24.3 Å². The number of carbonyl (C=O) groups excluding carboxylic acids is 1. The molecule has 36 heavy (non-hydrogen) atoms. The van der Waals surface area contributed by atoms with Crippen LogP contribution in [0.5, 0.6) is 5.75 Å². The molecule has 0 spiro atoms. The number of ether oxygens (including phenoxy) is 1. The summed E-state index contributed by atoms with van der Waals surface area (Å²) in [5.41, 5.74) is 5.56. The van der Waals surface area contributed by atoms with Gasteiger partial charge < -0.3 is 15.2 Å². The van der Waals surface area contributed by atoms with Crippen molar-refractivity contribution in [1.82, 2.24) is 5.32 Å². The second-order valence-electron chi connectivity index (χ2n) is 9.04. The Labute approximate surface area is 214 Å². The van der Waals surface area contributed by atoms with Crippen molar-refractivity contribution < 1.29 is 19.4 Å². The van der Waals surface area contributed by atoms with Crippen LogP contribution in [0, 0.1) is 0 Å². The molecule has 5 heteroatoms. The Bertz CT molecular complexity index is 1070. The number of hydrogen-bond donors (Lipinski definition) is 2. The molecule has 1 amide bonds. The molecule has 0 unspecified atom stereocenters. The Morgan fingerprint density at radius 3 is 1.97 bits per heavy atom. The first-order valence-corrected chi connectivity index (χ1v) is 13.0. The molecule has 0 saturated heterocycles. The minimum atomic E-state index is -0.919. The molecule has 0 saturated carbocycles. The number of unbranched alkanes of at least 4 members (excludes halogenated alkanes) is 4. The maximum Gasteiger partial charge on any atom is 0.305 e. The maximum absolute atomic E-state index is 12.0. The number of nitrogens with one attached hydrogen (secondary N) is 1. The number of benzene rings is 3. The van der Waals surface area contributed by atoms with Crippen LogP contribution in [0.25, 0.3) is 11.1 Å². The van der Waals surface area contributed by atoms with Gasteiger partial charge in [0, 0.05) is 12.1 Å². The summed E-state index contributed by atoms with van der Waals surface area (Å²) in [7, 11) is 0. The number of aliphatic carboxylic acids is 1. The van der Waals surface area contributed by atoms with Gasteiger partial charge >= 0.3 is 5.97 Å². The third-order valence-corrected chi connectivity index (χ3v) is 6.27. The topological polar surface area (TPSA) is 75.6 Å². The highest BCUT2D eigenvalue weighted by molar-refractivity contribution is 5.94. The lowest BCUT2D eigenvalue weighted by molar-refractivity contribution is -0.136. The van der Waals surface area contributed by atoms with Gasteiger partial charge in [0.15, 0.2) is 0 Å². The summed E-state index contributed by atoms with van der Waals surface area (Å²) in [6, 6.07) is 24.6. The molecule has 0 bridgehead atoms. The molecule has 0 heterocycles. The zero-order valence-electron chi connectivity index (χ0n) is 21.2. The second kappa shape index (κ2) is 14.7. The normalized spacial score (nSPS) is 10.7. The zero-order valence-corrected chi connectivity index (χ0v) is 21.2. The molecule has 190 valence electrons. The molecule has 5 nitrogen and oxygen atoms in total. The van der Waals surface area contributed by atoms with E-state index in [0.717, 1.165) is 44.5 Å². The lowest BCUT2D eigenvalue weighted by Crippen LogP contribution is -2.25. The Morgan fingerprint density at radius 2 is 1.33 bits per heavy atom. The van der Waals surface area contributed by atoms with E-state index in [1.165, 1.54) is 35.1 Å². The van der Waals surface area contributed by atoms with Crippen LogP contribution in [0.4, 0.5) is 0 Å². The van der Waals surface area contributed by atoms with Crippen molar-refractivity contribution in [1.29, 1.82) is 0 Å². The van der Waals surface area contributed by atoms with Crippen molar-refractivity contribution in [2.24, 2.45) is 0 Å². The first kappa shape index (κ1) is 27.0. The van der Waals surface area contributed by atoms with Crippen LogP contribution in [-0.4, -0.2) is 30.1 Å². The molecule has 2 N–H and O–H groups in total. The first-order chi connectivity index (χ1) is 17.5. The van der Waals surface area contributed by atoms with Gasteiger partial charge in [-0.1, -0.05) is 74.7 Å². The average Bonchev–Trinajstić information content (AvgIpc) is 2.90. The maximum atomic E-state index is 12.0. The van der Waals surface area contributed by atoms with Crippen LogP contribution in [0.3, 0.4) is 0 Å². The van der Waals surface area contributed by atoms with E-state index in [-0.39, 0.29) is 18.9 Å². The van der Waals surface area contributed by atoms with Gasteiger partial charge in [-0.3, -0.25) is 9.59 Å². The highest BCUT2D eigenvalue weighted by atomic mass is 16.5. The van der Waals surface area contributed by atoms with E-state index in [1.54, 1.807) is 12.1 Å². The molecular weight excluding hydrogens is 450 g/mol. The molecule has 3 rings (SSSR count). The Hall–Kier alpha value is -3.60. The van der Waals surface area contributed by atoms with Crippen LogP contribution in [0.2, 0.25) is 0 Å². The van der Waals surface area contributed by atoms with Crippen LogP contribution >= 0.6 is 0 Å². The average molecular weight is 488 g/mol. The minimum Gasteiger partial charge on any atom is -0.494 e. The number of carboxylic acid groups (broad SMARTS) is 1. The van der Waals surface area contributed by atoms with Crippen LogP contribution in [0.15, 0.2) is 72.8 Å². The molecule has 3 aromatic rings. The van der Waals surface area contributed by atoms with Gasteiger partial charge in [0.05, 0.1) is 13.0 Å². The smallest absolute Gasteiger partial charge is 0.305 e. The number of carbonyl (C=O) groups is 2. The van der Waals surface area contributed by atoms with Gasteiger partial charge in [0.25, 0.3) is 5.91 Å². The summed E-state index contributed by atoms with van der Waals surface area (Å²) >= 11 is 0. The fourth-order valence-corrected chi connectivity index (χ4v) is 4.04. The lowest BCUT2D eigenvalue weighted by Gasteiger charge is -2.08. The molecule has 0 radical (unpaired) electrons. The van der Waals surface area contributed by atoms with Gasteiger partial charge in [-0.25, -0.2) is 0 Å². The SMILES string of the molecule is CCc1ccc(-c2ccc(OCCCCCCCc3ccc(C(=O)NCCC(=O)O)cc3)cc2)cc1.